The molecule has 8 aromatic carbocycles. The lowest BCUT2D eigenvalue weighted by Gasteiger charge is -2.44. The Morgan fingerprint density at radius 2 is 1.18 bits per heavy atom. The van der Waals surface area contributed by atoms with Crippen LogP contribution in [-0.2, 0) is 10.8 Å². The maximum Gasteiger partial charge on any atom is 0.336 e. The summed E-state index contributed by atoms with van der Waals surface area (Å²) in [4.78, 5) is 5.02. The van der Waals surface area contributed by atoms with E-state index < -0.39 is 0 Å². The summed E-state index contributed by atoms with van der Waals surface area (Å²) in [6.45, 7) is 14.2. The van der Waals surface area contributed by atoms with Crippen LogP contribution in [0.3, 0.4) is 0 Å². The third-order valence-electron chi connectivity index (χ3n) is 15.1. The smallest absolute Gasteiger partial charge is 0.336 e. The summed E-state index contributed by atoms with van der Waals surface area (Å²) in [5.74, 6) is 0. The van der Waals surface area contributed by atoms with Crippen molar-refractivity contribution in [3.8, 4) is 22.3 Å². The van der Waals surface area contributed by atoms with Gasteiger partial charge in [-0.3, -0.25) is 0 Å². The summed E-state index contributed by atoms with van der Waals surface area (Å²) >= 11 is 0. The summed E-state index contributed by atoms with van der Waals surface area (Å²) in [5, 5.41) is 3.49. The zero-order valence-corrected chi connectivity index (χ0v) is 37.9. The van der Waals surface area contributed by atoms with Crippen molar-refractivity contribution in [2.24, 2.45) is 0 Å². The monoisotopic (exact) mass is 839 g/mol. The van der Waals surface area contributed by atoms with Crippen LogP contribution in [0.4, 0.5) is 34.1 Å². The first-order chi connectivity index (χ1) is 31.6. The van der Waals surface area contributed by atoms with Gasteiger partial charge in [0.1, 0.15) is 5.58 Å². The molecule has 3 aliphatic rings. The van der Waals surface area contributed by atoms with E-state index in [1.807, 2.05) is 0 Å². The number of hydrogen-bond donors (Lipinski definition) is 0. The summed E-state index contributed by atoms with van der Waals surface area (Å²) in [6.07, 6.45) is 2.34. The van der Waals surface area contributed by atoms with Gasteiger partial charge in [0.05, 0.1) is 5.39 Å². The van der Waals surface area contributed by atoms with Crippen molar-refractivity contribution in [1.82, 2.24) is 4.48 Å². The SMILES string of the molecule is Cc1cc2c3c(c1)N(c1cc4c(cc1C)C(C)(C)CCC4(C)C)c1ccc(-c4ccccc4)cc1B3n1c3oc4ccccc4c3c3cc(N(c4ccccc4)c4ccccc4)cc-2c31. The van der Waals surface area contributed by atoms with E-state index in [-0.39, 0.29) is 17.7 Å². The average molecular weight is 840 g/mol. The van der Waals surface area contributed by atoms with E-state index in [9.17, 15) is 0 Å². The number of anilines is 6. The summed E-state index contributed by atoms with van der Waals surface area (Å²) in [5.41, 5.74) is 23.2. The van der Waals surface area contributed by atoms with Crippen LogP contribution in [0.15, 0.2) is 174 Å². The number of rotatable bonds is 5. The molecular formula is C60H50BN3O. The lowest BCUT2D eigenvalue weighted by molar-refractivity contribution is 0.332. The molecule has 0 saturated carbocycles. The van der Waals surface area contributed by atoms with E-state index in [0.29, 0.717) is 0 Å². The van der Waals surface area contributed by atoms with E-state index in [2.05, 4.69) is 226 Å². The molecule has 2 aliphatic heterocycles. The molecule has 2 aromatic heterocycles. The number of para-hydroxylation sites is 3. The van der Waals surface area contributed by atoms with Crippen molar-refractivity contribution >= 4 is 84.9 Å². The van der Waals surface area contributed by atoms with Crippen LogP contribution in [-0.4, -0.2) is 11.3 Å². The molecule has 4 nitrogen and oxygen atoms in total. The summed E-state index contributed by atoms with van der Waals surface area (Å²) in [7, 11) is 0. The highest BCUT2D eigenvalue weighted by Crippen LogP contribution is 2.53. The molecule has 10 aromatic rings. The van der Waals surface area contributed by atoms with Crippen molar-refractivity contribution in [3.63, 3.8) is 0 Å². The molecule has 0 atom stereocenters. The van der Waals surface area contributed by atoms with Crippen LogP contribution in [0.2, 0.25) is 0 Å². The maximum atomic E-state index is 7.15. The Bertz CT molecular complexity index is 3540. The predicted molar refractivity (Wildman–Crippen MR) is 275 cm³/mol. The first-order valence-corrected chi connectivity index (χ1v) is 23.3. The minimum absolute atomic E-state index is 0.0556. The van der Waals surface area contributed by atoms with E-state index in [1.54, 1.807) is 0 Å². The van der Waals surface area contributed by atoms with E-state index in [1.165, 1.54) is 89.8 Å². The Hall–Kier alpha value is -7.24. The lowest BCUT2D eigenvalue weighted by Crippen LogP contribution is -2.56. The Labute approximate surface area is 381 Å². The topological polar surface area (TPSA) is 24.6 Å². The van der Waals surface area contributed by atoms with Crippen LogP contribution >= 0.6 is 0 Å². The summed E-state index contributed by atoms with van der Waals surface area (Å²) in [6, 6.07) is 63.1. The van der Waals surface area contributed by atoms with Crippen LogP contribution in [0.25, 0.3) is 55.2 Å². The van der Waals surface area contributed by atoms with Crippen molar-refractivity contribution in [2.45, 2.75) is 65.2 Å². The number of furan rings is 1. The van der Waals surface area contributed by atoms with Gasteiger partial charge in [0.15, 0.2) is 5.71 Å². The highest BCUT2D eigenvalue weighted by atomic mass is 16.3. The third kappa shape index (κ3) is 5.51. The second-order valence-corrected chi connectivity index (χ2v) is 20.1. The van der Waals surface area contributed by atoms with Crippen molar-refractivity contribution in [1.29, 1.82) is 0 Å². The predicted octanol–water partition coefficient (Wildman–Crippen LogP) is 15.1. The van der Waals surface area contributed by atoms with Gasteiger partial charge in [0, 0.05) is 56.0 Å². The molecular weight excluding hydrogens is 789 g/mol. The fraction of sp³-hybridized carbons (Fsp3) is 0.167. The van der Waals surface area contributed by atoms with Gasteiger partial charge in [0.25, 0.3) is 0 Å². The Balaban J connectivity index is 1.17. The Morgan fingerprint density at radius 1 is 0.538 bits per heavy atom. The molecule has 5 heteroatoms. The highest BCUT2D eigenvalue weighted by Gasteiger charge is 2.45. The molecule has 1 aliphatic carbocycles. The molecule has 0 amide bonds. The molecule has 0 radical (unpaired) electrons. The molecule has 0 bridgehead atoms. The highest BCUT2D eigenvalue weighted by molar-refractivity contribution is 6.90. The van der Waals surface area contributed by atoms with Gasteiger partial charge in [-0.1, -0.05) is 137 Å². The van der Waals surface area contributed by atoms with Gasteiger partial charge in [-0.2, -0.15) is 0 Å². The number of aryl methyl sites for hydroxylation is 2. The average Bonchev–Trinajstić information content (AvgIpc) is 3.85. The molecule has 0 fully saturated rings. The van der Waals surface area contributed by atoms with Crippen LogP contribution < -0.4 is 20.7 Å². The van der Waals surface area contributed by atoms with Crippen molar-refractivity contribution < 1.29 is 4.42 Å². The Kier molecular flexibility index (Phi) is 8.02. The molecule has 4 heterocycles. The minimum Gasteiger partial charge on any atom is -0.441 e. The summed E-state index contributed by atoms with van der Waals surface area (Å²) < 4.78 is 9.72. The van der Waals surface area contributed by atoms with E-state index >= 15 is 0 Å². The maximum absolute atomic E-state index is 7.15. The van der Waals surface area contributed by atoms with Crippen molar-refractivity contribution in [2.75, 3.05) is 9.80 Å². The quantitative estimate of drug-likeness (QED) is 0.161. The molecule has 0 N–H and O–H groups in total. The van der Waals surface area contributed by atoms with Gasteiger partial charge in [0.2, 0.25) is 0 Å². The molecule has 314 valence electrons. The number of hydrogen-bond acceptors (Lipinski definition) is 3. The second kappa shape index (κ2) is 13.6. The van der Waals surface area contributed by atoms with Crippen LogP contribution in [0.5, 0.6) is 0 Å². The second-order valence-electron chi connectivity index (χ2n) is 20.1. The number of nitrogens with zero attached hydrogens (tertiary/aromatic N) is 3. The zero-order valence-electron chi connectivity index (χ0n) is 37.9. The standard InChI is InChI=1S/C60H50BN3O/c1-37-30-45-46-34-43(62(41-20-12-8-13-21-41)42-22-14-9-15-23-42)35-47-55-44-24-16-17-25-54(44)65-58(55)64(57(46)47)61-50-33-40(39-18-10-7-11-19-39)26-27-51(50)63(53(31-37)56(45)61)52-36-49-48(32-38(52)2)59(3,4)28-29-60(49,5)6/h7-27,30-36H,28-29H2,1-6H3. The number of benzene rings is 8. The van der Waals surface area contributed by atoms with Gasteiger partial charge < -0.3 is 18.7 Å². The van der Waals surface area contributed by atoms with Gasteiger partial charge >= 0.3 is 6.85 Å². The van der Waals surface area contributed by atoms with Gasteiger partial charge in [-0.05, 0) is 148 Å². The molecule has 0 saturated heterocycles. The molecule has 0 spiro atoms. The zero-order chi connectivity index (χ0) is 43.9. The van der Waals surface area contributed by atoms with Gasteiger partial charge in [-0.15, -0.1) is 0 Å². The minimum atomic E-state index is -0.151. The normalized spacial score (nSPS) is 15.3. The number of fused-ring (bicyclic) bond motifs is 10. The fourth-order valence-electron chi connectivity index (χ4n) is 11.8. The molecule has 0 unspecified atom stereocenters. The third-order valence-corrected chi connectivity index (χ3v) is 15.1. The van der Waals surface area contributed by atoms with Crippen molar-refractivity contribution in [3.05, 3.63) is 192 Å². The fourth-order valence-corrected chi connectivity index (χ4v) is 11.8. The van der Waals surface area contributed by atoms with Crippen LogP contribution in [0.1, 0.15) is 62.8 Å². The van der Waals surface area contributed by atoms with Gasteiger partial charge in [-0.25, -0.2) is 0 Å². The first-order valence-electron chi connectivity index (χ1n) is 23.3. The number of aromatic nitrogens is 1. The largest absolute Gasteiger partial charge is 0.441 e. The molecule has 13 rings (SSSR count). The first kappa shape index (κ1) is 38.2. The van der Waals surface area contributed by atoms with E-state index in [4.69, 9.17) is 4.42 Å². The van der Waals surface area contributed by atoms with Crippen LogP contribution in [0, 0.1) is 13.8 Å². The molecule has 65 heavy (non-hydrogen) atoms. The Morgan fingerprint density at radius 3 is 1.89 bits per heavy atom. The van der Waals surface area contributed by atoms with E-state index in [0.717, 1.165) is 45.6 Å². The lowest BCUT2D eigenvalue weighted by atomic mass is 9.45.